The summed E-state index contributed by atoms with van der Waals surface area (Å²) in [6.07, 6.45) is 1.53. The van der Waals surface area contributed by atoms with Crippen LogP contribution in [0.3, 0.4) is 0 Å². The Balaban J connectivity index is 2.22. The molecule has 0 aliphatic carbocycles. The first-order valence-electron chi connectivity index (χ1n) is 5.78. The number of nitrogens with two attached hydrogens (primary N) is 1. The number of ether oxygens (including phenoxy) is 1. The van der Waals surface area contributed by atoms with Crippen LogP contribution in [-0.4, -0.2) is 18.0 Å². The SMILES string of the molecule is COc1ccc(NC(=O)c2ncccc2N)c(C)c1. The number of hydrogen-bond acceptors (Lipinski definition) is 4. The number of nitrogen functional groups attached to an aromatic ring is 1. The van der Waals surface area contributed by atoms with Crippen molar-refractivity contribution in [1.29, 1.82) is 0 Å². The maximum atomic E-state index is 12.1. The van der Waals surface area contributed by atoms with Gasteiger partial charge in [0.15, 0.2) is 5.69 Å². The highest BCUT2D eigenvalue weighted by Crippen LogP contribution is 2.22. The maximum absolute atomic E-state index is 12.1. The number of anilines is 2. The van der Waals surface area contributed by atoms with Crippen molar-refractivity contribution in [2.24, 2.45) is 0 Å². The van der Waals surface area contributed by atoms with E-state index in [0.717, 1.165) is 11.3 Å². The fourth-order valence-electron chi connectivity index (χ4n) is 1.69. The van der Waals surface area contributed by atoms with E-state index in [1.54, 1.807) is 31.4 Å². The molecular formula is C14H15N3O2. The van der Waals surface area contributed by atoms with Crippen LogP contribution >= 0.6 is 0 Å². The van der Waals surface area contributed by atoms with E-state index in [2.05, 4.69) is 10.3 Å². The van der Waals surface area contributed by atoms with Gasteiger partial charge >= 0.3 is 0 Å². The Morgan fingerprint density at radius 2 is 2.16 bits per heavy atom. The molecule has 19 heavy (non-hydrogen) atoms. The molecule has 1 heterocycles. The van der Waals surface area contributed by atoms with Gasteiger partial charge in [-0.2, -0.15) is 0 Å². The molecule has 1 aromatic heterocycles. The highest BCUT2D eigenvalue weighted by atomic mass is 16.5. The third-order valence-electron chi connectivity index (χ3n) is 2.74. The van der Waals surface area contributed by atoms with Gasteiger partial charge in [0.05, 0.1) is 12.8 Å². The second-order valence-electron chi connectivity index (χ2n) is 4.08. The highest BCUT2D eigenvalue weighted by molar-refractivity contribution is 6.06. The molecule has 5 nitrogen and oxygen atoms in total. The van der Waals surface area contributed by atoms with E-state index in [4.69, 9.17) is 10.5 Å². The van der Waals surface area contributed by atoms with E-state index in [9.17, 15) is 4.79 Å². The number of rotatable bonds is 3. The lowest BCUT2D eigenvalue weighted by Crippen LogP contribution is -2.16. The summed E-state index contributed by atoms with van der Waals surface area (Å²) in [7, 11) is 1.60. The largest absolute Gasteiger partial charge is 0.497 e. The molecule has 2 rings (SSSR count). The summed E-state index contributed by atoms with van der Waals surface area (Å²) in [5.41, 5.74) is 7.90. The van der Waals surface area contributed by atoms with Gasteiger partial charge in [0.2, 0.25) is 0 Å². The van der Waals surface area contributed by atoms with Crippen molar-refractivity contribution < 1.29 is 9.53 Å². The van der Waals surface area contributed by atoms with Crippen LogP contribution in [0.1, 0.15) is 16.1 Å². The summed E-state index contributed by atoms with van der Waals surface area (Å²) in [5, 5.41) is 2.78. The van der Waals surface area contributed by atoms with E-state index in [0.29, 0.717) is 11.4 Å². The summed E-state index contributed by atoms with van der Waals surface area (Å²) >= 11 is 0. The molecule has 0 aliphatic rings. The Labute approximate surface area is 111 Å². The number of carbonyl (C=O) groups excluding carboxylic acids is 1. The predicted octanol–water partition coefficient (Wildman–Crippen LogP) is 2.23. The topological polar surface area (TPSA) is 77.2 Å². The van der Waals surface area contributed by atoms with Gasteiger partial charge in [-0.1, -0.05) is 0 Å². The van der Waals surface area contributed by atoms with Crippen molar-refractivity contribution in [1.82, 2.24) is 4.98 Å². The van der Waals surface area contributed by atoms with Gasteiger partial charge in [-0.05, 0) is 42.8 Å². The zero-order chi connectivity index (χ0) is 13.8. The fourth-order valence-corrected chi connectivity index (χ4v) is 1.69. The van der Waals surface area contributed by atoms with Gasteiger partial charge in [0, 0.05) is 11.9 Å². The quantitative estimate of drug-likeness (QED) is 0.884. The van der Waals surface area contributed by atoms with Gasteiger partial charge in [0.25, 0.3) is 5.91 Å². The van der Waals surface area contributed by atoms with Crippen LogP contribution in [0.2, 0.25) is 0 Å². The number of hydrogen-bond donors (Lipinski definition) is 2. The predicted molar refractivity (Wildman–Crippen MR) is 74.3 cm³/mol. The number of aromatic nitrogens is 1. The zero-order valence-electron chi connectivity index (χ0n) is 10.8. The standard InChI is InChI=1S/C14H15N3O2/c1-9-8-10(19-2)5-6-12(9)17-14(18)13-11(15)4-3-7-16-13/h3-8H,15H2,1-2H3,(H,17,18). The smallest absolute Gasteiger partial charge is 0.276 e. The third kappa shape index (κ3) is 2.82. The lowest BCUT2D eigenvalue weighted by molar-refractivity contribution is 0.102. The van der Waals surface area contributed by atoms with Gasteiger partial charge in [-0.25, -0.2) is 4.98 Å². The summed E-state index contributed by atoms with van der Waals surface area (Å²) in [5.74, 6) is 0.416. The van der Waals surface area contributed by atoms with E-state index >= 15 is 0 Å². The van der Waals surface area contributed by atoms with Gasteiger partial charge in [-0.3, -0.25) is 4.79 Å². The van der Waals surface area contributed by atoms with Crippen molar-refractivity contribution in [3.63, 3.8) is 0 Å². The van der Waals surface area contributed by atoms with Crippen LogP contribution in [0, 0.1) is 6.92 Å². The Morgan fingerprint density at radius 3 is 2.79 bits per heavy atom. The Kier molecular flexibility index (Phi) is 3.66. The molecule has 0 unspecified atom stereocenters. The van der Waals surface area contributed by atoms with Crippen molar-refractivity contribution in [2.45, 2.75) is 6.92 Å². The van der Waals surface area contributed by atoms with Crippen molar-refractivity contribution >= 4 is 17.3 Å². The number of pyridine rings is 1. The first kappa shape index (κ1) is 12.9. The highest BCUT2D eigenvalue weighted by Gasteiger charge is 2.12. The molecule has 1 aromatic carbocycles. The minimum Gasteiger partial charge on any atom is -0.497 e. The molecule has 0 fully saturated rings. The summed E-state index contributed by atoms with van der Waals surface area (Å²) < 4.78 is 5.11. The average molecular weight is 257 g/mol. The van der Waals surface area contributed by atoms with Crippen molar-refractivity contribution in [2.75, 3.05) is 18.2 Å². The summed E-state index contributed by atoms with van der Waals surface area (Å²) in [6.45, 7) is 1.89. The lowest BCUT2D eigenvalue weighted by atomic mass is 10.2. The first-order valence-corrected chi connectivity index (χ1v) is 5.78. The number of benzene rings is 1. The van der Waals surface area contributed by atoms with Crippen LogP contribution in [-0.2, 0) is 0 Å². The molecule has 0 saturated heterocycles. The van der Waals surface area contributed by atoms with Crippen molar-refractivity contribution in [3.8, 4) is 5.75 Å². The molecule has 0 bridgehead atoms. The monoisotopic (exact) mass is 257 g/mol. The molecule has 1 amide bonds. The van der Waals surface area contributed by atoms with Gasteiger partial charge < -0.3 is 15.8 Å². The van der Waals surface area contributed by atoms with Gasteiger partial charge in [-0.15, -0.1) is 0 Å². The number of nitrogens with one attached hydrogen (secondary N) is 1. The fraction of sp³-hybridized carbons (Fsp3) is 0.143. The van der Waals surface area contributed by atoms with Crippen LogP contribution in [0.5, 0.6) is 5.75 Å². The summed E-state index contributed by atoms with van der Waals surface area (Å²) in [6, 6.07) is 8.74. The van der Waals surface area contributed by atoms with Gasteiger partial charge in [0.1, 0.15) is 5.75 Å². The molecule has 3 N–H and O–H groups in total. The number of methoxy groups -OCH3 is 1. The summed E-state index contributed by atoms with van der Waals surface area (Å²) in [4.78, 5) is 16.0. The number of amides is 1. The number of carbonyl (C=O) groups is 1. The minimum absolute atomic E-state index is 0.220. The molecule has 5 heteroatoms. The second-order valence-corrected chi connectivity index (χ2v) is 4.08. The number of nitrogens with zero attached hydrogens (tertiary/aromatic N) is 1. The molecule has 0 aliphatic heterocycles. The molecule has 0 spiro atoms. The normalized spacial score (nSPS) is 10.0. The van der Waals surface area contributed by atoms with Crippen molar-refractivity contribution in [3.05, 3.63) is 47.8 Å². The second kappa shape index (κ2) is 5.39. The van der Waals surface area contributed by atoms with Crippen LogP contribution in [0.15, 0.2) is 36.5 Å². The molecule has 2 aromatic rings. The minimum atomic E-state index is -0.327. The molecular weight excluding hydrogens is 242 g/mol. The molecule has 98 valence electrons. The maximum Gasteiger partial charge on any atom is 0.276 e. The molecule has 0 atom stereocenters. The molecule has 0 saturated carbocycles. The molecule has 0 radical (unpaired) electrons. The Hall–Kier alpha value is -2.56. The first-order chi connectivity index (χ1) is 9.11. The number of aryl methyl sites for hydroxylation is 1. The Bertz CT molecular complexity index is 611. The van der Waals surface area contributed by atoms with E-state index in [1.165, 1.54) is 6.20 Å². The lowest BCUT2D eigenvalue weighted by Gasteiger charge is -2.10. The van der Waals surface area contributed by atoms with E-state index < -0.39 is 0 Å². The van der Waals surface area contributed by atoms with E-state index in [-0.39, 0.29) is 11.6 Å². The van der Waals surface area contributed by atoms with Crippen LogP contribution < -0.4 is 15.8 Å². The van der Waals surface area contributed by atoms with Crippen LogP contribution in [0.4, 0.5) is 11.4 Å². The zero-order valence-corrected chi connectivity index (χ0v) is 10.8. The van der Waals surface area contributed by atoms with Crippen LogP contribution in [0.25, 0.3) is 0 Å². The van der Waals surface area contributed by atoms with E-state index in [1.807, 2.05) is 13.0 Å². The average Bonchev–Trinajstić information content (AvgIpc) is 2.41. The third-order valence-corrected chi connectivity index (χ3v) is 2.74. The Morgan fingerprint density at radius 1 is 1.37 bits per heavy atom.